The van der Waals surface area contributed by atoms with Crippen LogP contribution in [-0.2, 0) is 6.54 Å². The van der Waals surface area contributed by atoms with Crippen molar-refractivity contribution in [1.82, 2.24) is 14.5 Å². The molecule has 0 aliphatic carbocycles. The Morgan fingerprint density at radius 2 is 1.59 bits per heavy atom. The van der Waals surface area contributed by atoms with Crippen LogP contribution in [0.25, 0.3) is 16.6 Å². The Morgan fingerprint density at radius 3 is 2.31 bits per heavy atom. The van der Waals surface area contributed by atoms with Gasteiger partial charge in [-0.3, -0.25) is 14.2 Å². The van der Waals surface area contributed by atoms with Crippen molar-refractivity contribution >= 4 is 16.8 Å². The normalized spacial score (nSPS) is 11.8. The molecule has 0 radical (unpaired) electrons. The lowest BCUT2D eigenvalue weighted by Gasteiger charge is -2.33. The molecule has 4 aromatic carbocycles. The molecule has 0 bridgehead atoms. The minimum absolute atomic E-state index is 0.257. The van der Waals surface area contributed by atoms with Gasteiger partial charge in [0.25, 0.3) is 11.5 Å². The highest BCUT2D eigenvalue weighted by Crippen LogP contribution is 2.31. The lowest BCUT2D eigenvalue weighted by atomic mass is 10.1. The van der Waals surface area contributed by atoms with Crippen LogP contribution >= 0.6 is 0 Å². The predicted octanol–water partition coefficient (Wildman–Crippen LogP) is 6.33. The number of ether oxygens (including phenoxy) is 1. The number of carbonyl (C=O) groups excluding carboxylic acids is 1. The summed E-state index contributed by atoms with van der Waals surface area (Å²) in [7, 11) is 1.55. The molecular weight excluding hydrogens is 493 g/mol. The molecule has 0 saturated carbocycles. The maximum absolute atomic E-state index is 14.0. The van der Waals surface area contributed by atoms with Gasteiger partial charge in [-0.05, 0) is 60.5 Å². The third kappa shape index (κ3) is 5.16. The van der Waals surface area contributed by atoms with Gasteiger partial charge in [-0.2, -0.15) is 0 Å². The van der Waals surface area contributed by atoms with E-state index in [0.717, 1.165) is 5.56 Å². The summed E-state index contributed by atoms with van der Waals surface area (Å²) < 4.78 is 20.9. The van der Waals surface area contributed by atoms with Gasteiger partial charge in [0.2, 0.25) is 0 Å². The van der Waals surface area contributed by atoms with Gasteiger partial charge >= 0.3 is 0 Å². The van der Waals surface area contributed by atoms with Crippen molar-refractivity contribution in [3.05, 3.63) is 136 Å². The molecule has 1 aromatic heterocycles. The average molecular weight is 522 g/mol. The number of methoxy groups -OCH3 is 1. The van der Waals surface area contributed by atoms with Crippen LogP contribution in [0.2, 0.25) is 0 Å². The fourth-order valence-electron chi connectivity index (χ4n) is 4.83. The van der Waals surface area contributed by atoms with E-state index in [1.54, 1.807) is 46.9 Å². The van der Waals surface area contributed by atoms with Crippen molar-refractivity contribution < 1.29 is 13.9 Å². The number of benzene rings is 4. The largest absolute Gasteiger partial charge is 0.495 e. The van der Waals surface area contributed by atoms with Gasteiger partial charge in [0.05, 0.1) is 29.7 Å². The predicted molar refractivity (Wildman–Crippen MR) is 150 cm³/mol. The molecule has 0 aliphatic rings. The molecule has 1 heterocycles. The maximum atomic E-state index is 14.0. The van der Waals surface area contributed by atoms with Crippen LogP contribution in [0.4, 0.5) is 4.39 Å². The first-order valence-electron chi connectivity index (χ1n) is 12.8. The smallest absolute Gasteiger partial charge is 0.266 e. The van der Waals surface area contributed by atoms with Gasteiger partial charge in [0, 0.05) is 12.1 Å². The lowest BCUT2D eigenvalue weighted by Crippen LogP contribution is -2.38. The number of amides is 1. The van der Waals surface area contributed by atoms with Crippen LogP contribution in [0.5, 0.6) is 5.75 Å². The zero-order valence-electron chi connectivity index (χ0n) is 21.8. The second-order valence-electron chi connectivity index (χ2n) is 9.15. The van der Waals surface area contributed by atoms with Crippen LogP contribution in [-0.4, -0.2) is 27.5 Å². The molecule has 5 aromatic rings. The van der Waals surface area contributed by atoms with Gasteiger partial charge in [0.1, 0.15) is 17.4 Å². The quantitative estimate of drug-likeness (QED) is 0.239. The number of nitrogens with zero attached hydrogens (tertiary/aromatic N) is 3. The number of hydrogen-bond donors (Lipinski definition) is 0. The van der Waals surface area contributed by atoms with Crippen LogP contribution in [0, 0.1) is 5.82 Å². The van der Waals surface area contributed by atoms with E-state index in [9.17, 15) is 14.0 Å². The highest BCUT2D eigenvalue weighted by Gasteiger charge is 2.30. The summed E-state index contributed by atoms with van der Waals surface area (Å²) in [5.41, 5.74) is 2.07. The average Bonchev–Trinajstić information content (AvgIpc) is 2.98. The van der Waals surface area contributed by atoms with Crippen LogP contribution in [0.3, 0.4) is 0 Å². The Labute approximate surface area is 225 Å². The minimum Gasteiger partial charge on any atom is -0.495 e. The first-order valence-corrected chi connectivity index (χ1v) is 12.8. The zero-order valence-corrected chi connectivity index (χ0v) is 21.8. The van der Waals surface area contributed by atoms with Gasteiger partial charge in [-0.15, -0.1) is 0 Å². The Hall–Kier alpha value is -4.78. The molecule has 39 heavy (non-hydrogen) atoms. The van der Waals surface area contributed by atoms with Crippen LogP contribution in [0.1, 0.15) is 41.1 Å². The molecule has 6 nitrogen and oxygen atoms in total. The van der Waals surface area contributed by atoms with Crippen molar-refractivity contribution in [3.63, 3.8) is 0 Å². The molecule has 0 saturated heterocycles. The zero-order chi connectivity index (χ0) is 27.4. The van der Waals surface area contributed by atoms with E-state index < -0.39 is 11.9 Å². The monoisotopic (exact) mass is 521 g/mol. The fraction of sp³-hybridized carbons (Fsp3) is 0.156. The second kappa shape index (κ2) is 11.3. The Balaban J connectivity index is 1.75. The molecule has 0 spiro atoms. The van der Waals surface area contributed by atoms with Crippen molar-refractivity contribution in [2.75, 3.05) is 7.11 Å². The lowest BCUT2D eigenvalue weighted by molar-refractivity contribution is 0.0640. The van der Waals surface area contributed by atoms with E-state index >= 15 is 0 Å². The molecule has 1 atom stereocenters. The summed E-state index contributed by atoms with van der Waals surface area (Å²) in [4.78, 5) is 34.7. The number of halogens is 1. The summed E-state index contributed by atoms with van der Waals surface area (Å²) >= 11 is 0. The Bertz CT molecular complexity index is 1670. The first kappa shape index (κ1) is 25.9. The van der Waals surface area contributed by atoms with E-state index in [4.69, 9.17) is 9.72 Å². The number of fused-ring (bicyclic) bond motifs is 1. The van der Waals surface area contributed by atoms with Crippen molar-refractivity contribution in [3.8, 4) is 11.4 Å². The van der Waals surface area contributed by atoms with E-state index in [2.05, 4.69) is 0 Å². The molecule has 7 heteroatoms. The van der Waals surface area contributed by atoms with E-state index in [1.807, 2.05) is 55.5 Å². The second-order valence-corrected chi connectivity index (χ2v) is 9.15. The molecule has 0 fully saturated rings. The van der Waals surface area contributed by atoms with Crippen LogP contribution in [0.15, 0.2) is 108 Å². The third-order valence-electron chi connectivity index (χ3n) is 6.74. The van der Waals surface area contributed by atoms with Gasteiger partial charge in [-0.25, -0.2) is 9.37 Å². The highest BCUT2D eigenvalue weighted by atomic mass is 19.1. The minimum atomic E-state index is -0.593. The Morgan fingerprint density at radius 1 is 0.923 bits per heavy atom. The summed E-state index contributed by atoms with van der Waals surface area (Å²) in [5, 5.41) is 0.460. The Kier molecular flexibility index (Phi) is 7.50. The number of rotatable bonds is 8. The van der Waals surface area contributed by atoms with Crippen molar-refractivity contribution in [1.29, 1.82) is 0 Å². The standard InChI is InChI=1S/C32H28FN3O3/c1-3-27(35(21-22-11-5-4-6-12-22)31(37)23-17-19-24(33)20-18-23)30-34-26-14-8-7-13-25(26)32(38)36(30)28-15-9-10-16-29(28)39-2/h4-20,27H,3,21H2,1-2H3. The molecule has 196 valence electrons. The number of aromatic nitrogens is 2. The number of carbonyl (C=O) groups is 1. The topological polar surface area (TPSA) is 64.4 Å². The highest BCUT2D eigenvalue weighted by molar-refractivity contribution is 5.94. The first-order chi connectivity index (χ1) is 19.0. The fourth-order valence-corrected chi connectivity index (χ4v) is 4.83. The SMILES string of the molecule is CCC(c1nc2ccccc2c(=O)n1-c1ccccc1OC)N(Cc1ccccc1)C(=O)c1ccc(F)cc1. The molecular formula is C32H28FN3O3. The van der Waals surface area contributed by atoms with Crippen LogP contribution < -0.4 is 10.3 Å². The number of hydrogen-bond acceptors (Lipinski definition) is 4. The molecule has 0 N–H and O–H groups in total. The molecule has 1 amide bonds. The maximum Gasteiger partial charge on any atom is 0.266 e. The third-order valence-corrected chi connectivity index (χ3v) is 6.74. The summed E-state index contributed by atoms with van der Waals surface area (Å²) in [6, 6.07) is 28.9. The van der Waals surface area contributed by atoms with Crippen molar-refractivity contribution in [2.45, 2.75) is 25.9 Å². The van der Waals surface area contributed by atoms with Crippen molar-refractivity contribution in [2.24, 2.45) is 0 Å². The van der Waals surface area contributed by atoms with Gasteiger partial charge < -0.3 is 9.64 Å². The van der Waals surface area contributed by atoms with Gasteiger partial charge in [0.15, 0.2) is 0 Å². The van der Waals surface area contributed by atoms with E-state index in [1.165, 1.54) is 24.3 Å². The van der Waals surface area contributed by atoms with Gasteiger partial charge in [-0.1, -0.05) is 61.5 Å². The summed E-state index contributed by atoms with van der Waals surface area (Å²) in [6.45, 7) is 2.22. The van der Waals surface area contributed by atoms with E-state index in [-0.39, 0.29) is 18.0 Å². The molecule has 5 rings (SSSR count). The molecule has 1 unspecified atom stereocenters. The molecule has 0 aliphatic heterocycles. The summed E-state index contributed by atoms with van der Waals surface area (Å²) in [6.07, 6.45) is 0.472. The summed E-state index contributed by atoms with van der Waals surface area (Å²) in [5.74, 6) is 0.207. The number of para-hydroxylation sites is 3. The van der Waals surface area contributed by atoms with E-state index in [0.29, 0.717) is 40.1 Å².